The fourth-order valence-corrected chi connectivity index (χ4v) is 4.35. The number of carbonyl (C=O) groups excluding carboxylic acids is 1. The van der Waals surface area contributed by atoms with Crippen LogP contribution in [-0.4, -0.2) is 41.9 Å². The van der Waals surface area contributed by atoms with Crippen LogP contribution in [0.5, 0.6) is 11.5 Å². The van der Waals surface area contributed by atoms with Gasteiger partial charge < -0.3 is 24.5 Å². The molecule has 0 aliphatic carbocycles. The van der Waals surface area contributed by atoms with E-state index in [2.05, 4.69) is 11.4 Å². The van der Waals surface area contributed by atoms with Crippen LogP contribution in [0.1, 0.15) is 22.8 Å². The van der Waals surface area contributed by atoms with Gasteiger partial charge in [0, 0.05) is 17.1 Å². The molecule has 0 fully saturated rings. The lowest BCUT2D eigenvalue weighted by Crippen LogP contribution is -2.39. The quantitative estimate of drug-likeness (QED) is 0.344. The molecular weight excluding hydrogens is 454 g/mol. The molecule has 1 heterocycles. The average Bonchev–Trinajstić information content (AvgIpc) is 3.25. The lowest BCUT2D eigenvalue weighted by Gasteiger charge is -2.18. The van der Waals surface area contributed by atoms with E-state index >= 15 is 0 Å². The van der Waals surface area contributed by atoms with Gasteiger partial charge in [0.15, 0.2) is 0 Å². The van der Waals surface area contributed by atoms with Crippen molar-refractivity contribution < 1.29 is 19.4 Å². The van der Waals surface area contributed by atoms with E-state index in [0.717, 1.165) is 33.3 Å². The summed E-state index contributed by atoms with van der Waals surface area (Å²) in [6.45, 7) is 2.28. The molecule has 3 aromatic carbocycles. The molecule has 0 spiro atoms. The van der Waals surface area contributed by atoms with Crippen molar-refractivity contribution in [1.29, 1.82) is 5.26 Å². The Labute approximate surface area is 210 Å². The molecule has 7 nitrogen and oxygen atoms in total. The summed E-state index contributed by atoms with van der Waals surface area (Å²) >= 11 is 0. The van der Waals surface area contributed by atoms with Crippen LogP contribution >= 0.6 is 0 Å². The van der Waals surface area contributed by atoms with Gasteiger partial charge in [0.25, 0.3) is 5.91 Å². The monoisotopic (exact) mass is 483 g/mol. The molecule has 0 unspecified atom stereocenters. The van der Waals surface area contributed by atoms with Gasteiger partial charge in [-0.15, -0.1) is 0 Å². The Kier molecular flexibility index (Phi) is 7.89. The maximum atomic E-state index is 13.4. The maximum Gasteiger partial charge on any atom is 0.255 e. The van der Waals surface area contributed by atoms with E-state index < -0.39 is 6.04 Å². The highest BCUT2D eigenvalue weighted by molar-refractivity contribution is 5.98. The molecule has 0 aliphatic heterocycles. The molecule has 0 saturated heterocycles. The van der Waals surface area contributed by atoms with Crippen molar-refractivity contribution in [1.82, 2.24) is 9.88 Å². The van der Waals surface area contributed by atoms with Crippen LogP contribution in [0.25, 0.3) is 22.0 Å². The summed E-state index contributed by atoms with van der Waals surface area (Å²) < 4.78 is 13.0. The van der Waals surface area contributed by atoms with Gasteiger partial charge in [-0.05, 0) is 60.4 Å². The van der Waals surface area contributed by atoms with E-state index in [4.69, 9.17) is 9.47 Å². The number of nitrogens with one attached hydrogen (secondary N) is 1. The Morgan fingerprint density at radius 2 is 1.92 bits per heavy atom. The van der Waals surface area contributed by atoms with Gasteiger partial charge in [0.1, 0.15) is 18.0 Å². The van der Waals surface area contributed by atoms with Crippen LogP contribution < -0.4 is 14.8 Å². The predicted octanol–water partition coefficient (Wildman–Crippen LogP) is 4.57. The zero-order chi connectivity index (χ0) is 25.5. The van der Waals surface area contributed by atoms with E-state index in [1.807, 2.05) is 72.3 Å². The first-order valence-corrected chi connectivity index (χ1v) is 11.8. The number of rotatable bonds is 10. The van der Waals surface area contributed by atoms with Gasteiger partial charge in [-0.2, -0.15) is 5.26 Å². The van der Waals surface area contributed by atoms with Crippen LogP contribution in [0.2, 0.25) is 0 Å². The lowest BCUT2D eigenvalue weighted by atomic mass is 10.0. The number of para-hydroxylation sites is 1. The van der Waals surface area contributed by atoms with Gasteiger partial charge >= 0.3 is 0 Å². The summed E-state index contributed by atoms with van der Waals surface area (Å²) in [6.07, 6.45) is 2.33. The topological polar surface area (TPSA) is 96.5 Å². The average molecular weight is 484 g/mol. The number of fused-ring (bicyclic) bond motifs is 1. The number of carbonyl (C=O) groups is 1. The number of amides is 1. The molecule has 4 aromatic rings. The molecule has 36 heavy (non-hydrogen) atoms. The van der Waals surface area contributed by atoms with E-state index in [0.29, 0.717) is 24.3 Å². The smallest absolute Gasteiger partial charge is 0.255 e. The molecule has 2 N–H and O–H groups in total. The summed E-state index contributed by atoms with van der Waals surface area (Å²) in [5.41, 5.74) is 4.05. The molecule has 1 atom stereocenters. The summed E-state index contributed by atoms with van der Waals surface area (Å²) in [5, 5.41) is 23.3. The number of aliphatic hydroxyl groups excluding tert-OH is 1. The minimum atomic E-state index is -0.520. The van der Waals surface area contributed by atoms with Gasteiger partial charge in [-0.3, -0.25) is 4.79 Å². The minimum Gasteiger partial charge on any atom is -0.497 e. The van der Waals surface area contributed by atoms with Gasteiger partial charge in [0.05, 0.1) is 38.0 Å². The highest BCUT2D eigenvalue weighted by atomic mass is 16.5. The molecule has 1 amide bonds. The number of aliphatic hydroxyl groups is 1. The molecule has 0 saturated carbocycles. The normalized spacial score (nSPS) is 11.6. The molecule has 4 rings (SSSR count). The highest BCUT2D eigenvalue weighted by Crippen LogP contribution is 2.29. The summed E-state index contributed by atoms with van der Waals surface area (Å²) in [4.78, 5) is 13.4. The second kappa shape index (κ2) is 11.4. The van der Waals surface area contributed by atoms with E-state index in [1.165, 1.54) is 0 Å². The minimum absolute atomic E-state index is 0.228. The molecular formula is C29H29N3O4. The molecule has 7 heteroatoms. The zero-order valence-corrected chi connectivity index (χ0v) is 20.4. The predicted molar refractivity (Wildman–Crippen MR) is 139 cm³/mol. The SMILES string of the molecule is CCOc1ccc(-c2cccc(OC)c2)cc1C(=O)N[C@@H](CO)Cc1cn(CC#N)c2ccccc12. The van der Waals surface area contributed by atoms with Gasteiger partial charge in [-0.25, -0.2) is 0 Å². The summed E-state index contributed by atoms with van der Waals surface area (Å²) in [5.74, 6) is 0.871. The highest BCUT2D eigenvalue weighted by Gasteiger charge is 2.20. The van der Waals surface area contributed by atoms with Gasteiger partial charge in [-0.1, -0.05) is 36.4 Å². The number of methoxy groups -OCH3 is 1. The number of benzene rings is 3. The third-order valence-corrected chi connectivity index (χ3v) is 6.06. The summed E-state index contributed by atoms with van der Waals surface area (Å²) in [7, 11) is 1.61. The third kappa shape index (κ3) is 5.35. The molecule has 0 radical (unpaired) electrons. The Balaban J connectivity index is 1.61. The second-order valence-corrected chi connectivity index (χ2v) is 8.39. The Morgan fingerprint density at radius 3 is 2.67 bits per heavy atom. The van der Waals surface area contributed by atoms with E-state index in [-0.39, 0.29) is 19.1 Å². The van der Waals surface area contributed by atoms with Crippen LogP contribution in [0.15, 0.2) is 72.9 Å². The van der Waals surface area contributed by atoms with Crippen molar-refractivity contribution in [2.75, 3.05) is 20.3 Å². The number of nitrogens with zero attached hydrogens (tertiary/aromatic N) is 2. The van der Waals surface area contributed by atoms with Crippen molar-refractivity contribution in [3.63, 3.8) is 0 Å². The van der Waals surface area contributed by atoms with Crippen LogP contribution in [0, 0.1) is 11.3 Å². The standard InChI is InChI=1S/C29H29N3O4/c1-3-36-28-12-11-21(20-7-6-8-24(16-20)35-2)17-26(28)29(34)31-23(19-33)15-22-18-32(14-13-30)27-10-5-4-9-25(22)27/h4-12,16-18,23,33H,3,14-15,19H2,1-2H3,(H,31,34)/t23-/m1/s1. The van der Waals surface area contributed by atoms with E-state index in [1.54, 1.807) is 19.2 Å². The number of aromatic nitrogens is 1. The van der Waals surface area contributed by atoms with Crippen LogP contribution in [0.3, 0.4) is 0 Å². The number of hydrogen-bond donors (Lipinski definition) is 2. The first-order valence-electron chi connectivity index (χ1n) is 11.8. The zero-order valence-electron chi connectivity index (χ0n) is 20.4. The Morgan fingerprint density at radius 1 is 1.11 bits per heavy atom. The maximum absolute atomic E-state index is 13.4. The fraction of sp³-hybridized carbons (Fsp3) is 0.241. The lowest BCUT2D eigenvalue weighted by molar-refractivity contribution is 0.0913. The fourth-order valence-electron chi connectivity index (χ4n) is 4.35. The largest absolute Gasteiger partial charge is 0.497 e. The van der Waals surface area contributed by atoms with Crippen LogP contribution in [0.4, 0.5) is 0 Å². The summed E-state index contributed by atoms with van der Waals surface area (Å²) in [6, 6.07) is 22.6. The number of ether oxygens (including phenoxy) is 2. The first-order chi connectivity index (χ1) is 17.6. The molecule has 184 valence electrons. The Bertz CT molecular complexity index is 1400. The van der Waals surface area contributed by atoms with Crippen molar-refractivity contribution in [3.8, 4) is 28.7 Å². The Hall–Kier alpha value is -4.28. The van der Waals surface area contributed by atoms with Crippen molar-refractivity contribution in [2.24, 2.45) is 0 Å². The van der Waals surface area contributed by atoms with Gasteiger partial charge in [0.2, 0.25) is 0 Å². The number of nitriles is 1. The van der Waals surface area contributed by atoms with Crippen molar-refractivity contribution >= 4 is 16.8 Å². The van der Waals surface area contributed by atoms with Crippen molar-refractivity contribution in [3.05, 3.63) is 84.1 Å². The molecule has 1 aromatic heterocycles. The number of hydrogen-bond acceptors (Lipinski definition) is 5. The van der Waals surface area contributed by atoms with Crippen molar-refractivity contribution in [2.45, 2.75) is 25.9 Å². The third-order valence-electron chi connectivity index (χ3n) is 6.06. The first kappa shape index (κ1) is 24.8. The van der Waals surface area contributed by atoms with E-state index in [9.17, 15) is 15.2 Å². The second-order valence-electron chi connectivity index (χ2n) is 8.39. The van der Waals surface area contributed by atoms with Crippen LogP contribution in [-0.2, 0) is 13.0 Å². The molecule has 0 bridgehead atoms. The molecule has 0 aliphatic rings.